The molecule has 0 aliphatic carbocycles. The van der Waals surface area contributed by atoms with Crippen LogP contribution in [0.4, 0.5) is 0 Å². The van der Waals surface area contributed by atoms with Gasteiger partial charge in [0.25, 0.3) is 0 Å². The van der Waals surface area contributed by atoms with Crippen LogP contribution in [0.5, 0.6) is 0 Å². The molecule has 2 fully saturated rings. The third kappa shape index (κ3) is 3.46. The highest BCUT2D eigenvalue weighted by Crippen LogP contribution is 2.34. The van der Waals surface area contributed by atoms with Crippen molar-refractivity contribution in [3.63, 3.8) is 0 Å². The minimum absolute atomic E-state index is 0.0133. The fourth-order valence-corrected chi connectivity index (χ4v) is 3.44. The fraction of sp³-hybridized carbons (Fsp3) is 0.647. The lowest BCUT2D eigenvalue weighted by Crippen LogP contribution is -2.47. The Kier molecular flexibility index (Phi) is 4.60. The van der Waals surface area contributed by atoms with E-state index in [1.165, 1.54) is 11.1 Å². The van der Waals surface area contributed by atoms with Crippen LogP contribution in [0.2, 0.25) is 0 Å². The standard InChI is InChI=1S/C17H26N2O2/c1-19(12-15-4-2-14(11-18)3-5-15)16-6-8-21-17(10-16)7-9-20-13-17/h2-5,16H,6-13,18H2,1H3. The summed E-state index contributed by atoms with van der Waals surface area (Å²) < 4.78 is 11.6. The topological polar surface area (TPSA) is 47.7 Å². The lowest BCUT2D eigenvalue weighted by Gasteiger charge is -2.41. The number of nitrogens with two attached hydrogens (primary N) is 1. The van der Waals surface area contributed by atoms with Gasteiger partial charge in [0.05, 0.1) is 12.2 Å². The quantitative estimate of drug-likeness (QED) is 0.920. The molecule has 3 rings (SSSR count). The molecule has 0 bridgehead atoms. The molecule has 2 unspecified atom stereocenters. The van der Waals surface area contributed by atoms with E-state index in [2.05, 4.69) is 36.2 Å². The summed E-state index contributed by atoms with van der Waals surface area (Å²) in [7, 11) is 2.22. The van der Waals surface area contributed by atoms with E-state index in [0.29, 0.717) is 12.6 Å². The predicted octanol–water partition coefficient (Wildman–Crippen LogP) is 1.92. The van der Waals surface area contributed by atoms with Crippen LogP contribution < -0.4 is 5.73 Å². The second kappa shape index (κ2) is 6.44. The Bertz CT molecular complexity index is 454. The Balaban J connectivity index is 1.60. The minimum Gasteiger partial charge on any atom is -0.378 e. The second-order valence-corrected chi connectivity index (χ2v) is 6.42. The lowest BCUT2D eigenvalue weighted by atomic mass is 9.89. The first kappa shape index (κ1) is 15.0. The summed E-state index contributed by atoms with van der Waals surface area (Å²) in [4.78, 5) is 2.46. The Morgan fingerprint density at radius 2 is 2.00 bits per heavy atom. The zero-order chi connectivity index (χ0) is 14.7. The van der Waals surface area contributed by atoms with Crippen molar-refractivity contribution in [1.29, 1.82) is 0 Å². The Labute approximate surface area is 127 Å². The highest BCUT2D eigenvalue weighted by Gasteiger charge is 2.41. The van der Waals surface area contributed by atoms with Gasteiger partial charge < -0.3 is 15.2 Å². The molecular formula is C17H26N2O2. The van der Waals surface area contributed by atoms with Gasteiger partial charge in [0.1, 0.15) is 0 Å². The highest BCUT2D eigenvalue weighted by molar-refractivity contribution is 5.22. The van der Waals surface area contributed by atoms with Gasteiger partial charge in [-0.1, -0.05) is 24.3 Å². The second-order valence-electron chi connectivity index (χ2n) is 6.42. The van der Waals surface area contributed by atoms with Gasteiger partial charge in [0, 0.05) is 38.8 Å². The van der Waals surface area contributed by atoms with Gasteiger partial charge >= 0.3 is 0 Å². The summed E-state index contributed by atoms with van der Waals surface area (Å²) in [6.07, 6.45) is 3.24. The van der Waals surface area contributed by atoms with Gasteiger partial charge in [-0.3, -0.25) is 4.90 Å². The van der Waals surface area contributed by atoms with Crippen LogP contribution in [0.15, 0.2) is 24.3 Å². The van der Waals surface area contributed by atoms with E-state index in [9.17, 15) is 0 Å². The first-order valence-corrected chi connectivity index (χ1v) is 7.91. The van der Waals surface area contributed by atoms with Crippen LogP contribution in [0.25, 0.3) is 0 Å². The predicted molar refractivity (Wildman–Crippen MR) is 82.9 cm³/mol. The van der Waals surface area contributed by atoms with Crippen molar-refractivity contribution in [2.45, 2.75) is 44.0 Å². The van der Waals surface area contributed by atoms with Crippen molar-refractivity contribution in [2.24, 2.45) is 5.73 Å². The van der Waals surface area contributed by atoms with Crippen molar-refractivity contribution in [3.05, 3.63) is 35.4 Å². The molecule has 116 valence electrons. The van der Waals surface area contributed by atoms with Crippen LogP contribution in [0.1, 0.15) is 30.4 Å². The van der Waals surface area contributed by atoms with Gasteiger partial charge in [-0.05, 0) is 31.0 Å². The molecule has 1 spiro atoms. The maximum Gasteiger partial charge on any atom is 0.0951 e. The number of ether oxygens (including phenoxy) is 2. The summed E-state index contributed by atoms with van der Waals surface area (Å²) in [5.74, 6) is 0. The van der Waals surface area contributed by atoms with E-state index >= 15 is 0 Å². The Hall–Kier alpha value is -0.940. The van der Waals surface area contributed by atoms with Crippen LogP contribution in [-0.4, -0.2) is 43.4 Å². The van der Waals surface area contributed by atoms with E-state index < -0.39 is 0 Å². The molecule has 1 aromatic rings. The molecule has 2 saturated heterocycles. The van der Waals surface area contributed by atoms with Gasteiger partial charge in [-0.25, -0.2) is 0 Å². The Morgan fingerprint density at radius 1 is 1.24 bits per heavy atom. The molecule has 2 aliphatic heterocycles. The number of benzene rings is 1. The molecule has 2 aliphatic rings. The summed E-state index contributed by atoms with van der Waals surface area (Å²) in [5, 5.41) is 0. The average molecular weight is 290 g/mol. The third-order valence-electron chi connectivity index (χ3n) is 4.85. The van der Waals surface area contributed by atoms with E-state index in [1.54, 1.807) is 0 Å². The first-order valence-electron chi connectivity index (χ1n) is 7.91. The van der Waals surface area contributed by atoms with E-state index in [1.807, 2.05) is 0 Å². The summed E-state index contributed by atoms with van der Waals surface area (Å²) in [6, 6.07) is 9.20. The molecule has 2 N–H and O–H groups in total. The van der Waals surface area contributed by atoms with Crippen molar-refractivity contribution in [3.8, 4) is 0 Å². The van der Waals surface area contributed by atoms with Crippen LogP contribution >= 0.6 is 0 Å². The van der Waals surface area contributed by atoms with Crippen molar-refractivity contribution < 1.29 is 9.47 Å². The average Bonchev–Trinajstić information content (AvgIpc) is 2.96. The number of hydrogen-bond acceptors (Lipinski definition) is 4. The molecule has 4 nitrogen and oxygen atoms in total. The molecule has 0 amide bonds. The Morgan fingerprint density at radius 3 is 2.67 bits per heavy atom. The van der Waals surface area contributed by atoms with Crippen molar-refractivity contribution in [2.75, 3.05) is 26.9 Å². The number of nitrogens with zero attached hydrogens (tertiary/aromatic N) is 1. The zero-order valence-electron chi connectivity index (χ0n) is 12.9. The van der Waals surface area contributed by atoms with E-state index in [0.717, 1.165) is 45.6 Å². The van der Waals surface area contributed by atoms with E-state index in [-0.39, 0.29) is 5.60 Å². The van der Waals surface area contributed by atoms with Gasteiger partial charge in [-0.15, -0.1) is 0 Å². The largest absolute Gasteiger partial charge is 0.378 e. The maximum atomic E-state index is 6.02. The first-order chi connectivity index (χ1) is 10.2. The molecule has 0 radical (unpaired) electrons. The molecule has 1 aromatic carbocycles. The van der Waals surface area contributed by atoms with Crippen LogP contribution in [0, 0.1) is 0 Å². The lowest BCUT2D eigenvalue weighted by molar-refractivity contribution is -0.104. The van der Waals surface area contributed by atoms with E-state index in [4.69, 9.17) is 15.2 Å². The smallest absolute Gasteiger partial charge is 0.0951 e. The summed E-state index contributed by atoms with van der Waals surface area (Å²) in [6.45, 7) is 4.05. The van der Waals surface area contributed by atoms with Crippen LogP contribution in [-0.2, 0) is 22.6 Å². The molecule has 2 atom stereocenters. The highest BCUT2D eigenvalue weighted by atomic mass is 16.6. The number of hydrogen-bond donors (Lipinski definition) is 1. The minimum atomic E-state index is -0.0133. The zero-order valence-corrected chi connectivity index (χ0v) is 12.9. The van der Waals surface area contributed by atoms with Gasteiger partial charge in [0.2, 0.25) is 0 Å². The third-order valence-corrected chi connectivity index (χ3v) is 4.85. The van der Waals surface area contributed by atoms with Gasteiger partial charge in [0.15, 0.2) is 0 Å². The molecule has 4 heteroatoms. The molecule has 2 heterocycles. The monoisotopic (exact) mass is 290 g/mol. The molecule has 0 saturated carbocycles. The normalized spacial score (nSPS) is 29.4. The van der Waals surface area contributed by atoms with Crippen molar-refractivity contribution >= 4 is 0 Å². The van der Waals surface area contributed by atoms with Crippen molar-refractivity contribution in [1.82, 2.24) is 4.90 Å². The summed E-state index contributed by atoms with van der Waals surface area (Å²) in [5.41, 5.74) is 8.17. The van der Waals surface area contributed by atoms with Gasteiger partial charge in [-0.2, -0.15) is 0 Å². The molecular weight excluding hydrogens is 264 g/mol. The fourth-order valence-electron chi connectivity index (χ4n) is 3.44. The number of rotatable bonds is 4. The maximum absolute atomic E-state index is 6.02. The molecule has 0 aromatic heterocycles. The summed E-state index contributed by atoms with van der Waals surface area (Å²) >= 11 is 0. The molecule has 21 heavy (non-hydrogen) atoms. The van der Waals surface area contributed by atoms with Crippen LogP contribution in [0.3, 0.4) is 0 Å². The SMILES string of the molecule is CN(Cc1ccc(CN)cc1)C1CCOC2(CCOC2)C1.